The molecule has 7 rings (SSSR count). The summed E-state index contributed by atoms with van der Waals surface area (Å²) < 4.78 is 7.25. The third-order valence-electron chi connectivity index (χ3n) is 8.29. The van der Waals surface area contributed by atoms with Gasteiger partial charge < -0.3 is 20.7 Å². The van der Waals surface area contributed by atoms with Gasteiger partial charge in [0.25, 0.3) is 0 Å². The molecule has 0 spiro atoms. The minimum Gasteiger partial charge on any atom is -0.384 e. The number of fused-ring (bicyclic) bond motifs is 3. The maximum absolute atomic E-state index is 13.3. The SMILES string of the molecule is Nc1cc([C@@H]2C[C@H]3CC[C@@H](C2)N3C(=O)C2COCCN2)nc2c(-c3ccc(-c4ccccc4)nc3)cnn12. The standard InChI is InChI=1S/C29H31N7O2/c30-27-14-25(20-12-21-7-8-22(13-20)35(21)29(37)26-17-38-11-10-31-26)34-28-23(16-33-36(27)28)19-6-9-24(32-15-19)18-4-2-1-3-5-18/h1-6,9,14-16,20-22,26,31H,7-8,10-13,17,30H2/t20-,21-,22+,26?. The predicted octanol–water partition coefficient (Wildman–Crippen LogP) is 3.27. The lowest BCUT2D eigenvalue weighted by atomic mass is 9.87. The number of nitrogens with two attached hydrogens (primary N) is 1. The number of amides is 1. The number of nitrogens with one attached hydrogen (secondary N) is 1. The Hall–Kier alpha value is -3.82. The molecular formula is C29H31N7O2. The third-order valence-corrected chi connectivity index (χ3v) is 8.29. The largest absolute Gasteiger partial charge is 0.384 e. The van der Waals surface area contributed by atoms with E-state index in [1.165, 1.54) is 0 Å². The van der Waals surface area contributed by atoms with Crippen LogP contribution in [0, 0.1) is 0 Å². The molecule has 4 atom stereocenters. The van der Waals surface area contributed by atoms with E-state index in [-0.39, 0.29) is 30.0 Å². The van der Waals surface area contributed by atoms with E-state index in [4.69, 9.17) is 20.4 Å². The second-order valence-corrected chi connectivity index (χ2v) is 10.6. The second kappa shape index (κ2) is 9.49. The van der Waals surface area contributed by atoms with Crippen LogP contribution in [0.1, 0.15) is 37.3 Å². The number of piperidine rings is 1. The lowest BCUT2D eigenvalue weighted by Gasteiger charge is -2.41. The lowest BCUT2D eigenvalue weighted by Crippen LogP contribution is -2.57. The third kappa shape index (κ3) is 4.02. The molecule has 1 amide bonds. The summed E-state index contributed by atoms with van der Waals surface area (Å²) in [4.78, 5) is 25.2. The zero-order valence-electron chi connectivity index (χ0n) is 21.2. The fourth-order valence-electron chi connectivity index (χ4n) is 6.43. The van der Waals surface area contributed by atoms with Crippen molar-refractivity contribution in [2.24, 2.45) is 0 Å². The van der Waals surface area contributed by atoms with Crippen LogP contribution in [0.3, 0.4) is 0 Å². The van der Waals surface area contributed by atoms with Crippen molar-refractivity contribution < 1.29 is 9.53 Å². The topological polar surface area (TPSA) is 111 Å². The summed E-state index contributed by atoms with van der Waals surface area (Å²) in [5, 5.41) is 7.85. The van der Waals surface area contributed by atoms with E-state index in [0.717, 1.165) is 66.0 Å². The summed E-state index contributed by atoms with van der Waals surface area (Å²) in [6.45, 7) is 1.85. The van der Waals surface area contributed by atoms with Crippen molar-refractivity contribution in [2.75, 3.05) is 25.5 Å². The van der Waals surface area contributed by atoms with Crippen LogP contribution in [0.5, 0.6) is 0 Å². The number of nitrogen functional groups attached to an aromatic ring is 1. The minimum atomic E-state index is -0.232. The van der Waals surface area contributed by atoms with Crippen molar-refractivity contribution >= 4 is 17.4 Å². The Morgan fingerprint density at radius 1 is 1.03 bits per heavy atom. The Kier molecular flexibility index (Phi) is 5.82. The summed E-state index contributed by atoms with van der Waals surface area (Å²) in [7, 11) is 0. The number of aromatic nitrogens is 4. The zero-order chi connectivity index (χ0) is 25.6. The summed E-state index contributed by atoms with van der Waals surface area (Å²) >= 11 is 0. The number of ether oxygens (including phenoxy) is 1. The number of benzene rings is 1. The highest BCUT2D eigenvalue weighted by atomic mass is 16.5. The van der Waals surface area contributed by atoms with Gasteiger partial charge in [0.05, 0.1) is 25.1 Å². The molecular weight excluding hydrogens is 478 g/mol. The van der Waals surface area contributed by atoms with Crippen LogP contribution in [0.25, 0.3) is 28.0 Å². The number of rotatable bonds is 4. The summed E-state index contributed by atoms with van der Waals surface area (Å²) in [6.07, 6.45) is 7.55. The molecule has 1 aromatic carbocycles. The number of pyridine rings is 1. The van der Waals surface area contributed by atoms with E-state index in [2.05, 4.69) is 33.5 Å². The van der Waals surface area contributed by atoms with Crippen molar-refractivity contribution in [2.45, 2.75) is 49.7 Å². The molecule has 0 radical (unpaired) electrons. The normalized spacial score (nSPS) is 25.1. The van der Waals surface area contributed by atoms with Gasteiger partial charge in [0.2, 0.25) is 5.91 Å². The highest BCUT2D eigenvalue weighted by Gasteiger charge is 2.45. The van der Waals surface area contributed by atoms with Crippen molar-refractivity contribution in [1.82, 2.24) is 29.8 Å². The molecule has 0 saturated carbocycles. The van der Waals surface area contributed by atoms with E-state index in [1.807, 2.05) is 42.7 Å². The summed E-state index contributed by atoms with van der Waals surface area (Å²) in [5.74, 6) is 1.00. The highest BCUT2D eigenvalue weighted by Crippen LogP contribution is 2.43. The molecule has 1 unspecified atom stereocenters. The first-order valence-electron chi connectivity index (χ1n) is 13.4. The molecule has 9 nitrogen and oxygen atoms in total. The first-order chi connectivity index (χ1) is 18.7. The molecule has 3 aromatic heterocycles. The predicted molar refractivity (Wildman–Crippen MR) is 144 cm³/mol. The molecule has 3 fully saturated rings. The monoisotopic (exact) mass is 509 g/mol. The molecule has 3 aliphatic heterocycles. The summed E-state index contributed by atoms with van der Waals surface area (Å²) in [6, 6.07) is 16.4. The molecule has 3 saturated heterocycles. The van der Waals surface area contributed by atoms with Crippen LogP contribution < -0.4 is 11.1 Å². The Bertz CT molecular complexity index is 1450. The maximum atomic E-state index is 13.3. The molecule has 2 bridgehead atoms. The average molecular weight is 510 g/mol. The number of carbonyl (C=O) groups is 1. The van der Waals surface area contributed by atoms with Gasteiger partial charge >= 0.3 is 0 Å². The van der Waals surface area contributed by atoms with Gasteiger partial charge in [0.15, 0.2) is 5.65 Å². The van der Waals surface area contributed by atoms with Crippen LogP contribution in [0.15, 0.2) is 60.9 Å². The van der Waals surface area contributed by atoms with E-state index in [0.29, 0.717) is 19.0 Å². The quantitative estimate of drug-likeness (QED) is 0.434. The Morgan fingerprint density at radius 2 is 1.84 bits per heavy atom. The smallest absolute Gasteiger partial charge is 0.242 e. The number of hydrogen-bond donors (Lipinski definition) is 2. The fourth-order valence-corrected chi connectivity index (χ4v) is 6.43. The van der Waals surface area contributed by atoms with Gasteiger partial charge in [0.1, 0.15) is 11.9 Å². The van der Waals surface area contributed by atoms with E-state index in [9.17, 15) is 4.79 Å². The number of anilines is 1. The van der Waals surface area contributed by atoms with Gasteiger partial charge in [-0.25, -0.2) is 4.98 Å². The Labute approximate surface area is 221 Å². The molecule has 9 heteroatoms. The van der Waals surface area contributed by atoms with Crippen molar-refractivity contribution in [1.29, 1.82) is 0 Å². The average Bonchev–Trinajstić information content (AvgIpc) is 3.52. The first kappa shape index (κ1) is 23.3. The molecule has 3 aliphatic rings. The molecule has 6 heterocycles. The fraction of sp³-hybridized carbons (Fsp3) is 0.379. The molecule has 38 heavy (non-hydrogen) atoms. The van der Waals surface area contributed by atoms with Crippen LogP contribution in [-0.4, -0.2) is 68.3 Å². The highest BCUT2D eigenvalue weighted by molar-refractivity contribution is 5.83. The number of nitrogens with zero attached hydrogens (tertiary/aromatic N) is 5. The van der Waals surface area contributed by atoms with E-state index >= 15 is 0 Å². The molecule has 3 N–H and O–H groups in total. The van der Waals surface area contributed by atoms with Crippen LogP contribution >= 0.6 is 0 Å². The number of morpholine rings is 1. The van der Waals surface area contributed by atoms with Crippen molar-refractivity contribution in [3.8, 4) is 22.4 Å². The van der Waals surface area contributed by atoms with Gasteiger partial charge in [0, 0.05) is 59.2 Å². The Balaban J connectivity index is 1.16. The van der Waals surface area contributed by atoms with Gasteiger partial charge in [-0.1, -0.05) is 36.4 Å². The minimum absolute atomic E-state index is 0.183. The van der Waals surface area contributed by atoms with E-state index in [1.54, 1.807) is 4.52 Å². The van der Waals surface area contributed by atoms with Crippen LogP contribution in [0.2, 0.25) is 0 Å². The molecule has 4 aromatic rings. The van der Waals surface area contributed by atoms with Gasteiger partial charge in [-0.15, -0.1) is 0 Å². The number of hydrogen-bond acceptors (Lipinski definition) is 7. The van der Waals surface area contributed by atoms with Gasteiger partial charge in [-0.2, -0.15) is 9.61 Å². The zero-order valence-corrected chi connectivity index (χ0v) is 21.2. The summed E-state index contributed by atoms with van der Waals surface area (Å²) in [5.41, 5.74) is 12.0. The van der Waals surface area contributed by atoms with E-state index < -0.39 is 0 Å². The van der Waals surface area contributed by atoms with Crippen molar-refractivity contribution in [3.63, 3.8) is 0 Å². The molecule has 194 valence electrons. The van der Waals surface area contributed by atoms with Crippen LogP contribution in [0.4, 0.5) is 5.82 Å². The Morgan fingerprint density at radius 3 is 2.55 bits per heavy atom. The maximum Gasteiger partial charge on any atom is 0.242 e. The number of carbonyl (C=O) groups excluding carboxylic acids is 1. The lowest BCUT2D eigenvalue weighted by molar-refractivity contribution is -0.141. The first-order valence-corrected chi connectivity index (χ1v) is 13.4. The van der Waals surface area contributed by atoms with Crippen LogP contribution in [-0.2, 0) is 9.53 Å². The second-order valence-electron chi connectivity index (χ2n) is 10.6. The van der Waals surface area contributed by atoms with Gasteiger partial charge in [-0.05, 0) is 31.7 Å². The van der Waals surface area contributed by atoms with Crippen molar-refractivity contribution in [3.05, 3.63) is 66.6 Å². The molecule has 0 aliphatic carbocycles. The van der Waals surface area contributed by atoms with Gasteiger partial charge in [-0.3, -0.25) is 9.78 Å².